The fourth-order valence-electron chi connectivity index (χ4n) is 6.22. The molecular weight excluding hydrogens is 236 g/mol. The lowest BCUT2D eigenvalue weighted by molar-refractivity contribution is -0.132. The molecule has 4 aliphatic carbocycles. The molecule has 4 saturated carbocycles. The van der Waals surface area contributed by atoms with E-state index in [1.54, 1.807) is 0 Å². The molecule has 19 heavy (non-hydrogen) atoms. The van der Waals surface area contributed by atoms with Gasteiger partial charge in [0.2, 0.25) is 0 Å². The van der Waals surface area contributed by atoms with Gasteiger partial charge in [0.15, 0.2) is 0 Å². The quantitative estimate of drug-likeness (QED) is 0.669. The van der Waals surface area contributed by atoms with Crippen LogP contribution in [0.25, 0.3) is 0 Å². The van der Waals surface area contributed by atoms with E-state index in [-0.39, 0.29) is 5.41 Å². The van der Waals surface area contributed by atoms with E-state index < -0.39 is 0 Å². The van der Waals surface area contributed by atoms with Gasteiger partial charge in [0.05, 0.1) is 0 Å². The standard InChI is InChI=1S/C17H24O2/c1-17-7-6-12-13(15(17)4-5-16(17)19)3-2-10-8-11(18)9-14(10)12/h10,12-15H,2-9H2,1H3/t10-,12+,13-,14+,15+,17+/m1/s1. The monoisotopic (exact) mass is 260 g/mol. The lowest BCUT2D eigenvalue weighted by Crippen LogP contribution is -2.46. The van der Waals surface area contributed by atoms with Crippen molar-refractivity contribution in [2.24, 2.45) is 35.0 Å². The maximum atomic E-state index is 12.2. The maximum Gasteiger partial charge on any atom is 0.139 e. The van der Waals surface area contributed by atoms with Gasteiger partial charge in [0.1, 0.15) is 11.6 Å². The van der Waals surface area contributed by atoms with Crippen LogP contribution < -0.4 is 0 Å². The number of rotatable bonds is 0. The van der Waals surface area contributed by atoms with Crippen molar-refractivity contribution in [3.63, 3.8) is 0 Å². The van der Waals surface area contributed by atoms with E-state index in [9.17, 15) is 9.59 Å². The molecule has 0 bridgehead atoms. The van der Waals surface area contributed by atoms with E-state index in [4.69, 9.17) is 0 Å². The van der Waals surface area contributed by atoms with Gasteiger partial charge in [-0.05, 0) is 61.7 Å². The Labute approximate surface area is 115 Å². The van der Waals surface area contributed by atoms with E-state index in [0.29, 0.717) is 29.3 Å². The molecule has 6 atom stereocenters. The summed E-state index contributed by atoms with van der Waals surface area (Å²) in [5.74, 6) is 4.54. The van der Waals surface area contributed by atoms with Crippen LogP contribution in [0, 0.1) is 35.0 Å². The zero-order chi connectivity index (χ0) is 13.2. The van der Waals surface area contributed by atoms with Crippen LogP contribution in [0.1, 0.15) is 58.3 Å². The molecule has 0 amide bonds. The molecule has 104 valence electrons. The zero-order valence-electron chi connectivity index (χ0n) is 11.9. The van der Waals surface area contributed by atoms with Gasteiger partial charge in [0.25, 0.3) is 0 Å². The summed E-state index contributed by atoms with van der Waals surface area (Å²) in [4.78, 5) is 24.0. The number of carbonyl (C=O) groups is 2. The van der Waals surface area contributed by atoms with Gasteiger partial charge in [0, 0.05) is 24.7 Å². The smallest absolute Gasteiger partial charge is 0.139 e. The van der Waals surface area contributed by atoms with E-state index in [1.807, 2.05) is 0 Å². The van der Waals surface area contributed by atoms with Gasteiger partial charge in [-0.2, -0.15) is 0 Å². The Bertz CT molecular complexity index is 441. The molecule has 0 aromatic carbocycles. The third kappa shape index (κ3) is 1.55. The molecule has 4 fully saturated rings. The van der Waals surface area contributed by atoms with Crippen molar-refractivity contribution in [3.05, 3.63) is 0 Å². The van der Waals surface area contributed by atoms with Crippen molar-refractivity contribution in [1.29, 1.82) is 0 Å². The Hall–Kier alpha value is -0.660. The molecule has 4 rings (SSSR count). The number of hydrogen-bond acceptors (Lipinski definition) is 2. The number of ketones is 2. The summed E-state index contributed by atoms with van der Waals surface area (Å²) in [6, 6.07) is 0. The molecule has 0 aromatic heterocycles. The lowest BCUT2D eigenvalue weighted by Gasteiger charge is -2.51. The van der Waals surface area contributed by atoms with Crippen molar-refractivity contribution in [2.75, 3.05) is 0 Å². The highest BCUT2D eigenvalue weighted by Gasteiger charge is 2.57. The molecule has 0 heterocycles. The van der Waals surface area contributed by atoms with Crippen LogP contribution in [0.5, 0.6) is 0 Å². The number of fused-ring (bicyclic) bond motifs is 5. The van der Waals surface area contributed by atoms with Gasteiger partial charge in [-0.3, -0.25) is 9.59 Å². The second kappa shape index (κ2) is 3.93. The molecule has 0 unspecified atom stereocenters. The van der Waals surface area contributed by atoms with Gasteiger partial charge < -0.3 is 0 Å². The van der Waals surface area contributed by atoms with Crippen molar-refractivity contribution in [3.8, 4) is 0 Å². The Kier molecular flexibility index (Phi) is 2.50. The summed E-state index contributed by atoms with van der Waals surface area (Å²) in [5.41, 5.74) is -0.00336. The van der Waals surface area contributed by atoms with Gasteiger partial charge in [-0.25, -0.2) is 0 Å². The van der Waals surface area contributed by atoms with E-state index in [1.165, 1.54) is 19.3 Å². The van der Waals surface area contributed by atoms with Crippen molar-refractivity contribution >= 4 is 11.6 Å². The highest BCUT2D eigenvalue weighted by atomic mass is 16.1. The van der Waals surface area contributed by atoms with Crippen LogP contribution in [0.3, 0.4) is 0 Å². The number of hydrogen-bond donors (Lipinski definition) is 0. The summed E-state index contributed by atoms with van der Waals surface area (Å²) < 4.78 is 0. The molecule has 2 nitrogen and oxygen atoms in total. The minimum Gasteiger partial charge on any atom is -0.300 e. The van der Waals surface area contributed by atoms with E-state index in [2.05, 4.69) is 6.92 Å². The predicted molar refractivity (Wildman–Crippen MR) is 72.5 cm³/mol. The van der Waals surface area contributed by atoms with Gasteiger partial charge in [-0.1, -0.05) is 6.92 Å². The maximum absolute atomic E-state index is 12.2. The molecular formula is C17H24O2. The normalized spacial score (nSPS) is 52.8. The molecule has 0 aliphatic heterocycles. The van der Waals surface area contributed by atoms with Crippen LogP contribution in [-0.4, -0.2) is 11.6 Å². The van der Waals surface area contributed by atoms with Crippen LogP contribution in [0.2, 0.25) is 0 Å². The predicted octanol–water partition coefficient (Wildman–Crippen LogP) is 3.39. The van der Waals surface area contributed by atoms with Crippen LogP contribution in [-0.2, 0) is 9.59 Å². The number of Topliss-reactive ketones (excluding diaryl/α,β-unsaturated/α-hetero) is 2. The molecule has 0 aromatic rings. The minimum absolute atomic E-state index is 0.00336. The molecule has 0 saturated heterocycles. The second-order valence-electron chi connectivity index (χ2n) is 7.80. The fraction of sp³-hybridized carbons (Fsp3) is 0.882. The lowest BCUT2D eigenvalue weighted by atomic mass is 9.53. The Morgan fingerprint density at radius 1 is 0.947 bits per heavy atom. The number of carbonyl (C=O) groups excluding carboxylic acids is 2. The minimum atomic E-state index is -0.00336. The first-order valence-corrected chi connectivity index (χ1v) is 8.14. The summed E-state index contributed by atoms with van der Waals surface area (Å²) >= 11 is 0. The second-order valence-corrected chi connectivity index (χ2v) is 7.80. The van der Waals surface area contributed by atoms with Gasteiger partial charge in [-0.15, -0.1) is 0 Å². The van der Waals surface area contributed by atoms with E-state index >= 15 is 0 Å². The molecule has 0 radical (unpaired) electrons. The summed E-state index contributed by atoms with van der Waals surface area (Å²) in [5, 5.41) is 0. The Balaban J connectivity index is 1.63. The molecule has 4 aliphatic rings. The SMILES string of the molecule is C[C@]12CC[C@H]3[C@@H](CC[C@@H]4CC(=O)C[C@@H]43)[C@@H]1CCC2=O. The molecule has 0 spiro atoms. The summed E-state index contributed by atoms with van der Waals surface area (Å²) in [6.45, 7) is 2.23. The first-order chi connectivity index (χ1) is 9.09. The van der Waals surface area contributed by atoms with Crippen LogP contribution in [0.4, 0.5) is 0 Å². The molecule has 0 N–H and O–H groups in total. The zero-order valence-corrected chi connectivity index (χ0v) is 11.9. The molecule has 2 heteroatoms. The fourth-order valence-corrected chi connectivity index (χ4v) is 6.22. The summed E-state index contributed by atoms with van der Waals surface area (Å²) in [7, 11) is 0. The average molecular weight is 260 g/mol. The highest BCUT2D eigenvalue weighted by molar-refractivity contribution is 5.87. The van der Waals surface area contributed by atoms with Gasteiger partial charge >= 0.3 is 0 Å². The van der Waals surface area contributed by atoms with Crippen LogP contribution >= 0.6 is 0 Å². The summed E-state index contributed by atoms with van der Waals surface area (Å²) in [6.07, 6.45) is 8.48. The third-order valence-electron chi connectivity index (χ3n) is 7.18. The first-order valence-electron chi connectivity index (χ1n) is 8.14. The van der Waals surface area contributed by atoms with E-state index in [0.717, 1.165) is 43.9 Å². The third-order valence-corrected chi connectivity index (χ3v) is 7.18. The van der Waals surface area contributed by atoms with Crippen molar-refractivity contribution in [1.82, 2.24) is 0 Å². The van der Waals surface area contributed by atoms with Crippen molar-refractivity contribution < 1.29 is 9.59 Å². The van der Waals surface area contributed by atoms with Crippen LogP contribution in [0.15, 0.2) is 0 Å². The highest BCUT2D eigenvalue weighted by Crippen LogP contribution is 2.61. The average Bonchev–Trinajstić information content (AvgIpc) is 2.90. The largest absolute Gasteiger partial charge is 0.300 e. The first kappa shape index (κ1) is 12.1. The van der Waals surface area contributed by atoms with Crippen molar-refractivity contribution in [2.45, 2.75) is 58.3 Å². The Morgan fingerprint density at radius 3 is 2.63 bits per heavy atom. The topological polar surface area (TPSA) is 34.1 Å². The Morgan fingerprint density at radius 2 is 1.79 bits per heavy atom.